The van der Waals surface area contributed by atoms with E-state index in [2.05, 4.69) is 27.8 Å². The van der Waals surface area contributed by atoms with E-state index in [0.717, 1.165) is 38.2 Å². The normalized spacial score (nSPS) is 18.8. The highest BCUT2D eigenvalue weighted by molar-refractivity contribution is 6.30. The minimum absolute atomic E-state index is 0.00561. The van der Waals surface area contributed by atoms with E-state index in [-0.39, 0.29) is 41.4 Å². The number of aromatic nitrogens is 2. The molecular formula is C20H26ClFN4O4. The van der Waals surface area contributed by atoms with Gasteiger partial charge in [-0.1, -0.05) is 36.5 Å². The molecule has 0 saturated carbocycles. The van der Waals surface area contributed by atoms with Gasteiger partial charge in [-0.05, 0) is 31.4 Å². The molecule has 0 unspecified atom stereocenters. The highest BCUT2D eigenvalue weighted by atomic mass is 35.5. The molecule has 1 aromatic heterocycles. The van der Waals surface area contributed by atoms with Crippen molar-refractivity contribution in [1.29, 1.82) is 0 Å². The number of halogens is 2. The van der Waals surface area contributed by atoms with Crippen LogP contribution in [0.5, 0.6) is 11.8 Å². The zero-order valence-corrected chi connectivity index (χ0v) is 17.6. The number of benzene rings is 1. The first-order valence-electron chi connectivity index (χ1n) is 10.1. The van der Waals surface area contributed by atoms with Crippen molar-refractivity contribution in [2.45, 2.75) is 51.1 Å². The molecule has 1 saturated heterocycles. The lowest BCUT2D eigenvalue weighted by Gasteiger charge is -2.28. The van der Waals surface area contributed by atoms with Gasteiger partial charge in [-0.2, -0.15) is 0 Å². The van der Waals surface area contributed by atoms with Gasteiger partial charge in [0.25, 0.3) is 5.91 Å². The highest BCUT2D eigenvalue weighted by Crippen LogP contribution is 2.24. The Hall–Kier alpha value is -2.39. The van der Waals surface area contributed by atoms with E-state index in [1.807, 2.05) is 0 Å². The third kappa shape index (κ3) is 6.56. The molecule has 0 aliphatic carbocycles. The van der Waals surface area contributed by atoms with Crippen molar-refractivity contribution < 1.29 is 23.1 Å². The summed E-state index contributed by atoms with van der Waals surface area (Å²) in [6.45, 7) is 3.04. The lowest BCUT2D eigenvalue weighted by molar-refractivity contribution is -0.124. The van der Waals surface area contributed by atoms with Crippen molar-refractivity contribution in [3.63, 3.8) is 0 Å². The summed E-state index contributed by atoms with van der Waals surface area (Å²) < 4.78 is 29.7. The topological polar surface area (TPSA) is 98.5 Å². The summed E-state index contributed by atoms with van der Waals surface area (Å²) in [4.78, 5) is 12.1. The van der Waals surface area contributed by atoms with Crippen LogP contribution in [0.3, 0.4) is 0 Å². The predicted octanol–water partition coefficient (Wildman–Crippen LogP) is 3.42. The summed E-state index contributed by atoms with van der Waals surface area (Å²) in [5, 5.41) is 14.2. The summed E-state index contributed by atoms with van der Waals surface area (Å²) in [7, 11) is 0. The number of rotatable bonds is 10. The van der Waals surface area contributed by atoms with Crippen molar-refractivity contribution in [1.82, 2.24) is 20.8 Å². The molecule has 0 spiro atoms. The second kappa shape index (κ2) is 11.1. The van der Waals surface area contributed by atoms with Gasteiger partial charge < -0.3 is 24.5 Å². The smallest absolute Gasteiger partial charge is 0.414 e. The van der Waals surface area contributed by atoms with Gasteiger partial charge in [0.05, 0.1) is 17.7 Å². The van der Waals surface area contributed by atoms with Gasteiger partial charge in [-0.3, -0.25) is 4.79 Å². The fraction of sp³-hybridized carbons (Fsp3) is 0.550. The Morgan fingerprint density at radius 2 is 2.20 bits per heavy atom. The number of hydrogen-bond acceptors (Lipinski definition) is 7. The van der Waals surface area contributed by atoms with Crippen LogP contribution in [-0.2, 0) is 4.79 Å². The van der Waals surface area contributed by atoms with Crippen molar-refractivity contribution >= 4 is 17.5 Å². The average molecular weight is 441 g/mol. The Morgan fingerprint density at radius 1 is 1.33 bits per heavy atom. The van der Waals surface area contributed by atoms with E-state index in [1.54, 1.807) is 0 Å². The van der Waals surface area contributed by atoms with E-state index in [0.29, 0.717) is 19.0 Å². The molecule has 30 heavy (non-hydrogen) atoms. The molecule has 0 radical (unpaired) electrons. The maximum absolute atomic E-state index is 13.4. The monoisotopic (exact) mass is 440 g/mol. The summed E-state index contributed by atoms with van der Waals surface area (Å²) >= 11 is 5.62. The zero-order valence-electron chi connectivity index (χ0n) is 16.8. The number of carbonyl (C=O) groups is 1. The maximum atomic E-state index is 13.4. The van der Waals surface area contributed by atoms with E-state index in [1.165, 1.54) is 12.1 Å². The molecule has 2 atom stereocenters. The van der Waals surface area contributed by atoms with Gasteiger partial charge in [0.1, 0.15) is 11.6 Å². The number of hydrogen-bond donors (Lipinski definition) is 2. The molecule has 2 aromatic rings. The number of carbonyl (C=O) groups excluding carboxylic acids is 1. The fourth-order valence-corrected chi connectivity index (χ4v) is 3.22. The first kappa shape index (κ1) is 22.3. The molecule has 8 nitrogen and oxygen atoms in total. The molecule has 2 N–H and O–H groups in total. The lowest BCUT2D eigenvalue weighted by atomic mass is 10.0. The summed E-state index contributed by atoms with van der Waals surface area (Å²) in [6, 6.07) is 3.92. The Balaban J connectivity index is 1.37. The van der Waals surface area contributed by atoms with E-state index in [9.17, 15) is 9.18 Å². The van der Waals surface area contributed by atoms with Crippen molar-refractivity contribution in [3.8, 4) is 11.8 Å². The van der Waals surface area contributed by atoms with Gasteiger partial charge in [0.15, 0.2) is 6.61 Å². The van der Waals surface area contributed by atoms with Crippen LogP contribution in [-0.4, -0.2) is 41.9 Å². The van der Waals surface area contributed by atoms with Crippen LogP contribution >= 0.6 is 11.6 Å². The minimum atomic E-state index is -0.590. The molecule has 1 aliphatic rings. The van der Waals surface area contributed by atoms with Crippen molar-refractivity contribution in [3.05, 3.63) is 34.9 Å². The van der Waals surface area contributed by atoms with Gasteiger partial charge >= 0.3 is 6.08 Å². The molecule has 0 bridgehead atoms. The molecule has 3 rings (SSSR count). The number of nitrogens with one attached hydrogen (secondary N) is 2. The number of unbranched alkanes of at least 4 members (excludes halogenated alkanes) is 2. The van der Waals surface area contributed by atoms with Gasteiger partial charge in [0, 0.05) is 18.7 Å². The molecule has 10 heteroatoms. The molecule has 1 fully saturated rings. The summed E-state index contributed by atoms with van der Waals surface area (Å²) in [5.41, 5.74) is 0. The Bertz CT molecular complexity index is 827. The van der Waals surface area contributed by atoms with Crippen LogP contribution in [0.2, 0.25) is 5.02 Å². The Labute approximate surface area is 179 Å². The van der Waals surface area contributed by atoms with Crippen molar-refractivity contribution in [2.24, 2.45) is 0 Å². The van der Waals surface area contributed by atoms with E-state index in [4.69, 9.17) is 25.5 Å². The molecule has 2 heterocycles. The van der Waals surface area contributed by atoms with E-state index < -0.39 is 5.82 Å². The second-order valence-electron chi connectivity index (χ2n) is 7.13. The number of amides is 1. The first-order chi connectivity index (χ1) is 14.5. The number of nitrogens with zero attached hydrogens (tertiary/aromatic N) is 2. The Kier molecular flexibility index (Phi) is 8.27. The average Bonchev–Trinajstić information content (AvgIpc) is 3.21. The highest BCUT2D eigenvalue weighted by Gasteiger charge is 2.27. The fourth-order valence-electron chi connectivity index (χ4n) is 3.11. The van der Waals surface area contributed by atoms with Crippen molar-refractivity contribution in [2.75, 3.05) is 19.8 Å². The largest absolute Gasteiger partial charge is 0.484 e. The van der Waals surface area contributed by atoms with Crippen LogP contribution in [0.15, 0.2) is 22.6 Å². The molecule has 1 aliphatic heterocycles. The van der Waals surface area contributed by atoms with Crippen LogP contribution < -0.4 is 20.1 Å². The SMILES string of the molecule is CCCCCOc1nnc([C@H]2CC[C@H](NC(=O)COc3ccc(Cl)c(F)c3)CN2)o1. The third-order valence-electron chi connectivity index (χ3n) is 4.73. The summed E-state index contributed by atoms with van der Waals surface area (Å²) in [5.74, 6) is -0.139. The second-order valence-corrected chi connectivity index (χ2v) is 7.54. The zero-order chi connectivity index (χ0) is 21.3. The van der Waals surface area contributed by atoms with Crippen LogP contribution in [0.4, 0.5) is 4.39 Å². The first-order valence-corrected chi connectivity index (χ1v) is 10.5. The van der Waals surface area contributed by atoms with E-state index >= 15 is 0 Å². The van der Waals surface area contributed by atoms with Gasteiger partial charge in [-0.15, -0.1) is 5.10 Å². The molecule has 1 amide bonds. The molecule has 1 aromatic carbocycles. The standard InChI is InChI=1S/C20H26ClFN4O4/c1-2-3-4-9-28-20-26-25-19(30-20)17-8-5-13(11-23-17)24-18(27)12-29-14-6-7-15(21)16(22)10-14/h6-7,10,13,17,23H,2-5,8-9,11-12H2,1H3,(H,24,27)/t13-,17+/m0/s1. The third-order valence-corrected chi connectivity index (χ3v) is 5.04. The number of ether oxygens (including phenoxy) is 2. The molecule has 164 valence electrons. The van der Waals surface area contributed by atoms with Gasteiger partial charge in [-0.25, -0.2) is 4.39 Å². The molecular weight excluding hydrogens is 415 g/mol. The predicted molar refractivity (Wildman–Crippen MR) is 108 cm³/mol. The summed E-state index contributed by atoms with van der Waals surface area (Å²) in [6.07, 6.45) is 4.83. The van der Waals surface area contributed by atoms with Gasteiger partial charge in [0.2, 0.25) is 5.89 Å². The quantitative estimate of drug-likeness (QED) is 0.546. The lowest BCUT2D eigenvalue weighted by Crippen LogP contribution is -2.48. The minimum Gasteiger partial charge on any atom is -0.484 e. The van der Waals surface area contributed by atoms with Crippen LogP contribution in [0.25, 0.3) is 0 Å². The maximum Gasteiger partial charge on any atom is 0.414 e. The van der Waals surface area contributed by atoms with Crippen LogP contribution in [0.1, 0.15) is 51.0 Å². The van der Waals surface area contributed by atoms with Crippen LogP contribution in [0, 0.1) is 5.82 Å². The number of piperidine rings is 1. The Morgan fingerprint density at radius 3 is 2.93 bits per heavy atom.